The molecule has 2 atom stereocenters. The molecule has 1 aromatic heterocycles. The van der Waals surface area contributed by atoms with E-state index in [2.05, 4.69) is 51.8 Å². The van der Waals surface area contributed by atoms with Crippen LogP contribution in [0.3, 0.4) is 0 Å². The van der Waals surface area contributed by atoms with Crippen molar-refractivity contribution in [2.24, 2.45) is 0 Å². The van der Waals surface area contributed by atoms with Gasteiger partial charge in [-0.1, -0.05) is 29.3 Å². The number of imidazole rings is 1. The molecule has 3 aliphatic rings. The zero-order chi connectivity index (χ0) is 22.1. The van der Waals surface area contributed by atoms with Gasteiger partial charge in [0.05, 0.1) is 12.6 Å². The minimum Gasteiger partial charge on any atom is -0.376 e. The Hall–Kier alpha value is -2.22. The summed E-state index contributed by atoms with van der Waals surface area (Å²) in [6.07, 6.45) is 7.20. The van der Waals surface area contributed by atoms with Gasteiger partial charge in [0.1, 0.15) is 11.4 Å². The molecule has 4 heterocycles. The Morgan fingerprint density at radius 1 is 1.22 bits per heavy atom. The van der Waals surface area contributed by atoms with E-state index in [1.54, 1.807) is 0 Å². The van der Waals surface area contributed by atoms with Crippen molar-refractivity contribution in [3.63, 3.8) is 0 Å². The maximum Gasteiger partial charge on any atom is 0.251 e. The van der Waals surface area contributed by atoms with Crippen molar-refractivity contribution in [2.75, 3.05) is 26.2 Å². The van der Waals surface area contributed by atoms with Crippen molar-refractivity contribution in [1.82, 2.24) is 19.8 Å². The second-order valence-corrected chi connectivity index (χ2v) is 9.66. The highest BCUT2D eigenvalue weighted by atomic mass is 16.5. The predicted octanol–water partition coefficient (Wildman–Crippen LogP) is 2.69. The van der Waals surface area contributed by atoms with Gasteiger partial charge in [-0.05, 0) is 45.1 Å². The minimum atomic E-state index is -0.496. The van der Waals surface area contributed by atoms with Gasteiger partial charge >= 0.3 is 0 Å². The number of carbonyl (C=O) groups is 1. The molecule has 2 saturated heterocycles. The molecule has 0 unspecified atom stereocenters. The number of amides is 1. The molecule has 172 valence electrons. The molecule has 1 spiro atoms. The van der Waals surface area contributed by atoms with Crippen molar-refractivity contribution in [3.8, 4) is 0 Å². The van der Waals surface area contributed by atoms with Gasteiger partial charge in [0.15, 0.2) is 6.10 Å². The Morgan fingerprint density at radius 3 is 2.72 bits per heavy atom. The smallest absolute Gasteiger partial charge is 0.251 e. The first-order chi connectivity index (χ1) is 15.5. The summed E-state index contributed by atoms with van der Waals surface area (Å²) in [4.78, 5) is 20.1. The lowest BCUT2D eigenvalue weighted by Crippen LogP contribution is -2.54. The molecule has 0 radical (unpaired) electrons. The van der Waals surface area contributed by atoms with Crippen LogP contribution in [0.25, 0.3) is 0 Å². The second-order valence-electron chi connectivity index (χ2n) is 9.66. The summed E-state index contributed by atoms with van der Waals surface area (Å²) in [5, 5.41) is 3.06. The number of ether oxygens (including phenoxy) is 2. The number of fused-ring (bicyclic) bond motifs is 2. The topological polar surface area (TPSA) is 68.6 Å². The predicted molar refractivity (Wildman–Crippen MR) is 121 cm³/mol. The Labute approximate surface area is 190 Å². The van der Waals surface area contributed by atoms with Gasteiger partial charge < -0.3 is 19.4 Å². The fourth-order valence-corrected chi connectivity index (χ4v) is 5.50. The summed E-state index contributed by atoms with van der Waals surface area (Å²) >= 11 is 0. The van der Waals surface area contributed by atoms with Gasteiger partial charge in [0.25, 0.3) is 5.91 Å². The quantitative estimate of drug-likeness (QED) is 0.777. The third-order valence-electron chi connectivity index (χ3n) is 7.03. The lowest BCUT2D eigenvalue weighted by molar-refractivity contribution is -0.174. The maximum absolute atomic E-state index is 12.9. The van der Waals surface area contributed by atoms with Crippen LogP contribution in [0.2, 0.25) is 0 Å². The molecule has 1 amide bonds. The molecule has 1 N–H and O–H groups in total. The molecule has 7 nitrogen and oxygen atoms in total. The maximum atomic E-state index is 12.9. The van der Waals surface area contributed by atoms with Crippen LogP contribution in [0.4, 0.5) is 0 Å². The van der Waals surface area contributed by atoms with Gasteiger partial charge in [-0.2, -0.15) is 0 Å². The van der Waals surface area contributed by atoms with E-state index in [1.165, 1.54) is 16.7 Å². The van der Waals surface area contributed by atoms with Gasteiger partial charge in [0.2, 0.25) is 0 Å². The van der Waals surface area contributed by atoms with Crippen LogP contribution >= 0.6 is 0 Å². The molecule has 3 aliphatic heterocycles. The van der Waals surface area contributed by atoms with Crippen LogP contribution < -0.4 is 5.32 Å². The first-order valence-electron chi connectivity index (χ1n) is 11.9. The Kier molecular flexibility index (Phi) is 6.05. The van der Waals surface area contributed by atoms with Gasteiger partial charge in [-0.3, -0.25) is 9.69 Å². The largest absolute Gasteiger partial charge is 0.376 e. The standard InChI is InChI=1S/C25H34N4O3/c1-18-12-19(2)14-20(13-18)16-28-8-5-25(6-9-28)24-26-7-10-29(24)17-22(32-25)23(30)27-15-21-4-3-11-31-21/h7,10,12-14,21-22H,3-6,8-9,11,15-17H2,1-2H3,(H,27,30)/t21-,22+/m0/s1. The lowest BCUT2D eigenvalue weighted by atomic mass is 9.88. The van der Waals surface area contributed by atoms with E-state index in [0.29, 0.717) is 13.1 Å². The molecular formula is C25H34N4O3. The third kappa shape index (κ3) is 4.47. The average Bonchev–Trinajstić information content (AvgIpc) is 3.45. The molecule has 1 aromatic carbocycles. The molecule has 2 fully saturated rings. The number of nitrogens with zero attached hydrogens (tertiary/aromatic N) is 3. The zero-order valence-corrected chi connectivity index (χ0v) is 19.2. The summed E-state index contributed by atoms with van der Waals surface area (Å²) in [5.74, 6) is 0.920. The van der Waals surface area contributed by atoms with Crippen LogP contribution in [0.1, 0.15) is 48.2 Å². The monoisotopic (exact) mass is 438 g/mol. The van der Waals surface area contributed by atoms with E-state index in [0.717, 1.165) is 57.7 Å². The number of hydrogen-bond acceptors (Lipinski definition) is 5. The fourth-order valence-electron chi connectivity index (χ4n) is 5.50. The highest BCUT2D eigenvalue weighted by Crippen LogP contribution is 2.40. The van der Waals surface area contributed by atoms with Crippen molar-refractivity contribution in [1.29, 1.82) is 0 Å². The number of likely N-dealkylation sites (tertiary alicyclic amines) is 1. The Bertz CT molecular complexity index is 938. The molecule has 32 heavy (non-hydrogen) atoms. The van der Waals surface area contributed by atoms with Gasteiger partial charge in [-0.25, -0.2) is 4.98 Å². The number of aryl methyl sites for hydroxylation is 2. The highest BCUT2D eigenvalue weighted by Gasteiger charge is 2.47. The number of benzene rings is 1. The third-order valence-corrected chi connectivity index (χ3v) is 7.03. The molecule has 0 bridgehead atoms. The van der Waals surface area contributed by atoms with E-state index in [4.69, 9.17) is 9.47 Å². The van der Waals surface area contributed by atoms with Crippen molar-refractivity contribution in [3.05, 3.63) is 53.1 Å². The van der Waals surface area contributed by atoms with Crippen LogP contribution in [-0.4, -0.2) is 58.8 Å². The van der Waals surface area contributed by atoms with E-state index in [-0.39, 0.29) is 12.0 Å². The van der Waals surface area contributed by atoms with E-state index in [9.17, 15) is 4.79 Å². The number of nitrogens with one attached hydrogen (secondary N) is 1. The van der Waals surface area contributed by atoms with Crippen molar-refractivity contribution >= 4 is 5.91 Å². The first-order valence-corrected chi connectivity index (χ1v) is 11.9. The fraction of sp³-hybridized carbons (Fsp3) is 0.600. The van der Waals surface area contributed by atoms with Gasteiger partial charge in [-0.15, -0.1) is 0 Å². The minimum absolute atomic E-state index is 0.0445. The number of carbonyl (C=O) groups excluding carboxylic acids is 1. The van der Waals surface area contributed by atoms with Crippen LogP contribution in [0, 0.1) is 13.8 Å². The SMILES string of the molecule is Cc1cc(C)cc(CN2CCC3(CC2)O[C@@H](C(=O)NC[C@@H]2CCCO2)Cn2ccnc23)c1. The first kappa shape index (κ1) is 21.6. The molecule has 5 rings (SSSR count). The summed E-state index contributed by atoms with van der Waals surface area (Å²) in [6.45, 7) is 8.96. The summed E-state index contributed by atoms with van der Waals surface area (Å²) < 4.78 is 14.3. The number of hydrogen-bond donors (Lipinski definition) is 1. The molecule has 2 aromatic rings. The molecule has 7 heteroatoms. The van der Waals surface area contributed by atoms with Crippen LogP contribution in [-0.2, 0) is 33.0 Å². The van der Waals surface area contributed by atoms with E-state index < -0.39 is 11.7 Å². The molecular weight excluding hydrogens is 404 g/mol. The highest BCUT2D eigenvalue weighted by molar-refractivity contribution is 5.81. The second kappa shape index (κ2) is 8.96. The van der Waals surface area contributed by atoms with Crippen LogP contribution in [0.15, 0.2) is 30.6 Å². The van der Waals surface area contributed by atoms with E-state index in [1.807, 2.05) is 12.4 Å². The van der Waals surface area contributed by atoms with Crippen LogP contribution in [0.5, 0.6) is 0 Å². The Balaban J connectivity index is 1.25. The lowest BCUT2D eigenvalue weighted by Gasteiger charge is -2.45. The summed E-state index contributed by atoms with van der Waals surface area (Å²) in [7, 11) is 0. The van der Waals surface area contributed by atoms with Crippen molar-refractivity contribution < 1.29 is 14.3 Å². The number of aromatic nitrogens is 2. The number of piperidine rings is 1. The number of rotatable bonds is 5. The van der Waals surface area contributed by atoms with Gasteiger partial charge in [0, 0.05) is 45.2 Å². The zero-order valence-electron chi connectivity index (χ0n) is 19.2. The molecule has 0 aliphatic carbocycles. The summed E-state index contributed by atoms with van der Waals surface area (Å²) in [6, 6.07) is 6.76. The van der Waals surface area contributed by atoms with E-state index >= 15 is 0 Å². The molecule has 0 saturated carbocycles. The summed E-state index contributed by atoms with van der Waals surface area (Å²) in [5.41, 5.74) is 3.48. The average molecular weight is 439 g/mol. The Morgan fingerprint density at radius 2 is 2.00 bits per heavy atom. The van der Waals surface area contributed by atoms with Crippen molar-refractivity contribution in [2.45, 2.75) is 70.4 Å². The normalized spacial score (nSPS) is 25.1.